The van der Waals surface area contributed by atoms with Crippen molar-refractivity contribution in [3.05, 3.63) is 34.1 Å². The molecule has 1 aliphatic rings. The van der Waals surface area contributed by atoms with Crippen molar-refractivity contribution in [3.63, 3.8) is 0 Å². The molecule has 0 aromatic carbocycles. The summed E-state index contributed by atoms with van der Waals surface area (Å²) >= 11 is 0. The molecule has 118 valence electrons. The van der Waals surface area contributed by atoms with Crippen molar-refractivity contribution in [2.45, 2.75) is 25.0 Å². The van der Waals surface area contributed by atoms with Crippen LogP contribution in [0.15, 0.2) is 18.5 Å². The molecular weight excluding hydrogens is 314 g/mol. The number of hydrogen-bond acceptors (Lipinski definition) is 8. The third-order valence-electron chi connectivity index (χ3n) is 3.08. The Morgan fingerprint density at radius 1 is 1.41 bits per heavy atom. The van der Waals surface area contributed by atoms with Gasteiger partial charge in [0, 0.05) is 12.0 Å². The molecule has 1 atom stereocenters. The van der Waals surface area contributed by atoms with Gasteiger partial charge in [-0.2, -0.15) is 8.42 Å². The summed E-state index contributed by atoms with van der Waals surface area (Å²) in [6.07, 6.45) is 3.64. The normalized spacial score (nSPS) is 18.9. The summed E-state index contributed by atoms with van der Waals surface area (Å²) in [5.74, 6) is -0.827. The Kier molecular flexibility index (Phi) is 4.62. The van der Waals surface area contributed by atoms with Crippen LogP contribution in [0.4, 0.5) is 5.95 Å². The van der Waals surface area contributed by atoms with Gasteiger partial charge in [0.2, 0.25) is 0 Å². The molecule has 0 amide bonds. The lowest BCUT2D eigenvalue weighted by atomic mass is 9.94. The minimum Gasteiger partial charge on any atom is -0.390 e. The minimum absolute atomic E-state index is 0.0170. The van der Waals surface area contributed by atoms with Gasteiger partial charge in [-0.15, -0.1) is 0 Å². The van der Waals surface area contributed by atoms with Gasteiger partial charge in [0.1, 0.15) is 17.6 Å². The Morgan fingerprint density at radius 2 is 2.05 bits per heavy atom. The molecule has 0 spiro atoms. The number of allylic oxidation sites excluding steroid dienone is 1. The Balaban J connectivity index is 2.43. The largest absolute Gasteiger partial charge is 0.468 e. The van der Waals surface area contributed by atoms with Crippen LogP contribution in [0.3, 0.4) is 0 Å². The smallest absolute Gasteiger partial charge is 0.390 e. The van der Waals surface area contributed by atoms with Crippen molar-refractivity contribution in [1.29, 1.82) is 0 Å². The van der Waals surface area contributed by atoms with Crippen molar-refractivity contribution in [2.24, 2.45) is 0 Å². The van der Waals surface area contributed by atoms with Gasteiger partial charge >= 0.3 is 5.95 Å². The maximum atomic E-state index is 12.1. The molecule has 1 aliphatic carbocycles. The molecule has 0 saturated carbocycles. The number of rotatable bonds is 5. The van der Waals surface area contributed by atoms with Gasteiger partial charge < -0.3 is 10.1 Å². The van der Waals surface area contributed by atoms with Crippen LogP contribution in [0, 0.1) is 10.1 Å². The Labute approximate surface area is 126 Å². The molecule has 0 bridgehead atoms. The average molecular weight is 327 g/mol. The molecule has 22 heavy (non-hydrogen) atoms. The summed E-state index contributed by atoms with van der Waals surface area (Å²) < 4.78 is 29.0. The molecule has 10 heteroatoms. The van der Waals surface area contributed by atoms with E-state index in [-0.39, 0.29) is 36.4 Å². The first-order chi connectivity index (χ1) is 10.3. The third kappa shape index (κ3) is 3.34. The number of carbonyl (C=O) groups excluding carboxylic acids is 1. The lowest BCUT2D eigenvalue weighted by Crippen LogP contribution is -2.29. The van der Waals surface area contributed by atoms with E-state index in [1.165, 1.54) is 6.08 Å². The fraction of sp³-hybridized carbons (Fsp3) is 0.417. The van der Waals surface area contributed by atoms with E-state index in [0.29, 0.717) is 0 Å². The molecule has 0 N–H and O–H groups in total. The van der Waals surface area contributed by atoms with E-state index in [1.807, 2.05) is 0 Å². The lowest BCUT2D eigenvalue weighted by Gasteiger charge is -2.22. The number of ketones is 1. The molecule has 9 nitrogen and oxygen atoms in total. The molecule has 0 radical (unpaired) electrons. The summed E-state index contributed by atoms with van der Waals surface area (Å²) in [5, 5.41) is 9.53. The second kappa shape index (κ2) is 6.28. The summed E-state index contributed by atoms with van der Waals surface area (Å²) in [5.41, 5.74) is 0.437. The number of aromatic nitrogens is 2. The van der Waals surface area contributed by atoms with Gasteiger partial charge in [0.15, 0.2) is 5.78 Å². The van der Waals surface area contributed by atoms with Gasteiger partial charge in [-0.1, -0.05) is 9.97 Å². The first-order valence-corrected chi connectivity index (χ1v) is 7.91. The standard InChI is InChI=1S/C12H13N3O6S/c1-2-21-22(19,20)11-4-3-9(16)5-10(11)8-6-13-12(14-7-8)15(17)18/h5-7,11H,2-4H2,1H3. The molecule has 2 rings (SSSR count). The lowest BCUT2D eigenvalue weighted by molar-refractivity contribution is -0.394. The Morgan fingerprint density at radius 3 is 2.59 bits per heavy atom. The topological polar surface area (TPSA) is 129 Å². The van der Waals surface area contributed by atoms with Gasteiger partial charge in [-0.25, -0.2) is 0 Å². The number of hydrogen-bond donors (Lipinski definition) is 0. The highest BCUT2D eigenvalue weighted by atomic mass is 32.2. The second-order valence-corrected chi connectivity index (χ2v) is 6.31. The highest BCUT2D eigenvalue weighted by Gasteiger charge is 2.35. The van der Waals surface area contributed by atoms with E-state index in [2.05, 4.69) is 9.97 Å². The van der Waals surface area contributed by atoms with Gasteiger partial charge in [-0.3, -0.25) is 8.98 Å². The third-order valence-corrected chi connectivity index (χ3v) is 4.83. The summed E-state index contributed by atoms with van der Waals surface area (Å²) in [7, 11) is -3.89. The average Bonchev–Trinajstić information content (AvgIpc) is 2.47. The summed E-state index contributed by atoms with van der Waals surface area (Å²) in [6, 6.07) is 0. The second-order valence-electron chi connectivity index (χ2n) is 4.52. The molecule has 1 aromatic heterocycles. The minimum atomic E-state index is -3.89. The molecule has 0 saturated heterocycles. The van der Waals surface area contributed by atoms with Crippen molar-refractivity contribution >= 4 is 27.4 Å². The molecule has 0 aliphatic heterocycles. The van der Waals surface area contributed by atoms with E-state index in [4.69, 9.17) is 4.18 Å². The maximum absolute atomic E-state index is 12.1. The van der Waals surface area contributed by atoms with E-state index in [0.717, 1.165) is 12.4 Å². The zero-order valence-corrected chi connectivity index (χ0v) is 12.4. The first-order valence-electron chi connectivity index (χ1n) is 6.44. The number of carbonyl (C=O) groups is 1. The van der Waals surface area contributed by atoms with E-state index < -0.39 is 26.2 Å². The van der Waals surface area contributed by atoms with Crippen LogP contribution in [-0.4, -0.2) is 40.9 Å². The van der Waals surface area contributed by atoms with Crippen molar-refractivity contribution < 1.29 is 22.3 Å². The van der Waals surface area contributed by atoms with Crippen molar-refractivity contribution in [2.75, 3.05) is 6.61 Å². The van der Waals surface area contributed by atoms with Crippen LogP contribution in [0.5, 0.6) is 0 Å². The highest BCUT2D eigenvalue weighted by molar-refractivity contribution is 7.87. The summed E-state index contributed by atoms with van der Waals surface area (Å²) in [4.78, 5) is 28.5. The fourth-order valence-corrected chi connectivity index (χ4v) is 3.56. The number of nitrogens with zero attached hydrogens (tertiary/aromatic N) is 3. The van der Waals surface area contributed by atoms with E-state index >= 15 is 0 Å². The monoisotopic (exact) mass is 327 g/mol. The van der Waals surface area contributed by atoms with Gasteiger partial charge in [0.25, 0.3) is 10.1 Å². The van der Waals surface area contributed by atoms with Crippen molar-refractivity contribution in [3.8, 4) is 0 Å². The quantitative estimate of drug-likeness (QED) is 0.442. The number of nitro groups is 1. The van der Waals surface area contributed by atoms with Crippen LogP contribution < -0.4 is 0 Å². The first kappa shape index (κ1) is 16.2. The molecule has 1 unspecified atom stereocenters. The van der Waals surface area contributed by atoms with Crippen LogP contribution in [-0.2, 0) is 19.1 Å². The zero-order chi connectivity index (χ0) is 16.3. The van der Waals surface area contributed by atoms with E-state index in [1.54, 1.807) is 6.92 Å². The van der Waals surface area contributed by atoms with Crippen LogP contribution >= 0.6 is 0 Å². The molecule has 1 aromatic rings. The predicted molar refractivity (Wildman–Crippen MR) is 75.2 cm³/mol. The Bertz CT molecular complexity index is 726. The predicted octanol–water partition coefficient (Wildman–Crippen LogP) is 0.866. The molecule has 0 fully saturated rings. The molecular formula is C12H13N3O6S. The van der Waals surface area contributed by atoms with Crippen LogP contribution in [0.2, 0.25) is 0 Å². The van der Waals surface area contributed by atoms with Gasteiger partial charge in [0.05, 0.1) is 6.61 Å². The van der Waals surface area contributed by atoms with Crippen LogP contribution in [0.25, 0.3) is 5.57 Å². The molecule has 1 heterocycles. The SMILES string of the molecule is CCOS(=O)(=O)C1CCC(=O)C=C1c1cnc([N+](=O)[O-])nc1. The van der Waals surface area contributed by atoms with E-state index in [9.17, 15) is 23.3 Å². The van der Waals surface area contributed by atoms with Gasteiger partial charge in [-0.05, 0) is 29.9 Å². The maximum Gasteiger partial charge on any atom is 0.468 e. The summed E-state index contributed by atoms with van der Waals surface area (Å²) in [6.45, 7) is 1.53. The van der Waals surface area contributed by atoms with Crippen LogP contribution in [0.1, 0.15) is 25.3 Å². The zero-order valence-electron chi connectivity index (χ0n) is 11.6. The van der Waals surface area contributed by atoms with Crippen molar-refractivity contribution in [1.82, 2.24) is 9.97 Å². The Hall–Kier alpha value is -2.20. The fourth-order valence-electron chi connectivity index (χ4n) is 2.15. The highest BCUT2D eigenvalue weighted by Crippen LogP contribution is 2.31.